The first-order valence-electron chi connectivity index (χ1n) is 7.30. The van der Waals surface area contributed by atoms with Gasteiger partial charge in [-0.25, -0.2) is 4.79 Å². The van der Waals surface area contributed by atoms with Crippen molar-refractivity contribution in [1.29, 1.82) is 0 Å². The third kappa shape index (κ3) is 4.15. The number of carbonyl (C=O) groups is 2. The molecule has 1 amide bonds. The number of likely N-dealkylation sites (tertiary alicyclic amines) is 1. The summed E-state index contributed by atoms with van der Waals surface area (Å²) < 4.78 is 11.4. The molecule has 1 spiro atoms. The van der Waals surface area contributed by atoms with Crippen LogP contribution in [0.1, 0.15) is 19.8 Å². The molecule has 2 heterocycles. The van der Waals surface area contributed by atoms with Crippen molar-refractivity contribution in [3.8, 4) is 0 Å². The van der Waals surface area contributed by atoms with Gasteiger partial charge >= 0.3 is 6.09 Å². The van der Waals surface area contributed by atoms with Crippen molar-refractivity contribution in [3.05, 3.63) is 0 Å². The minimum absolute atomic E-state index is 0.0699. The van der Waals surface area contributed by atoms with Gasteiger partial charge in [-0.1, -0.05) is 0 Å². The van der Waals surface area contributed by atoms with Crippen LogP contribution in [0.15, 0.2) is 0 Å². The van der Waals surface area contributed by atoms with E-state index in [-0.39, 0.29) is 17.5 Å². The lowest BCUT2D eigenvalue weighted by Crippen LogP contribution is -2.61. The lowest BCUT2D eigenvalue weighted by Gasteiger charge is -2.49. The Morgan fingerprint density at radius 1 is 1.38 bits per heavy atom. The molecule has 2 rings (SSSR count). The van der Waals surface area contributed by atoms with Gasteiger partial charge in [-0.15, -0.1) is 0 Å². The molecule has 1 unspecified atom stereocenters. The topological polar surface area (TPSA) is 79.3 Å². The Kier molecular flexibility index (Phi) is 5.18. The Labute approximate surface area is 124 Å². The molecule has 1 N–H and O–H groups in total. The van der Waals surface area contributed by atoms with E-state index in [1.165, 1.54) is 4.90 Å². The fraction of sp³-hybridized carbons (Fsp3) is 0.857. The summed E-state index contributed by atoms with van der Waals surface area (Å²) in [6, 6.07) is 0. The minimum Gasteiger partial charge on any atom is -0.465 e. The third-order valence-corrected chi connectivity index (χ3v) is 4.13. The molecule has 7 heteroatoms. The van der Waals surface area contributed by atoms with Crippen LogP contribution in [0, 0.1) is 0 Å². The number of ketones is 1. The van der Waals surface area contributed by atoms with Crippen molar-refractivity contribution >= 4 is 11.9 Å². The zero-order valence-corrected chi connectivity index (χ0v) is 12.7. The largest absolute Gasteiger partial charge is 0.465 e. The van der Waals surface area contributed by atoms with E-state index in [0.717, 1.165) is 0 Å². The fourth-order valence-electron chi connectivity index (χ4n) is 3.28. The summed E-state index contributed by atoms with van der Waals surface area (Å²) in [6.07, 6.45) is 0.371. The van der Waals surface area contributed by atoms with Gasteiger partial charge in [0, 0.05) is 33.3 Å². The lowest BCUT2D eigenvalue weighted by atomic mass is 9.88. The number of carbonyl (C=O) groups excluding carboxylic acids is 1. The van der Waals surface area contributed by atoms with Crippen LogP contribution in [0.25, 0.3) is 0 Å². The zero-order chi connectivity index (χ0) is 15.5. The van der Waals surface area contributed by atoms with E-state index < -0.39 is 6.09 Å². The molecule has 21 heavy (non-hydrogen) atoms. The van der Waals surface area contributed by atoms with Crippen LogP contribution < -0.4 is 0 Å². The zero-order valence-electron chi connectivity index (χ0n) is 12.7. The molecule has 0 aromatic heterocycles. The Morgan fingerprint density at radius 2 is 2.05 bits per heavy atom. The Morgan fingerprint density at radius 3 is 2.57 bits per heavy atom. The highest BCUT2D eigenvalue weighted by molar-refractivity contribution is 5.77. The second-order valence-corrected chi connectivity index (χ2v) is 6.02. The van der Waals surface area contributed by atoms with E-state index >= 15 is 0 Å². The first-order chi connectivity index (χ1) is 9.94. The molecule has 0 aliphatic carbocycles. The maximum atomic E-state index is 11.4. The van der Waals surface area contributed by atoms with Gasteiger partial charge in [-0.3, -0.25) is 9.69 Å². The number of piperidine rings is 1. The Bertz CT molecular complexity index is 393. The first-order valence-corrected chi connectivity index (χ1v) is 7.30. The number of nitrogens with zero attached hydrogens (tertiary/aromatic N) is 2. The molecule has 0 aromatic rings. The second kappa shape index (κ2) is 6.72. The average molecular weight is 300 g/mol. The van der Waals surface area contributed by atoms with Gasteiger partial charge in [0.1, 0.15) is 5.78 Å². The molecule has 1 atom stereocenters. The number of morpholine rings is 1. The summed E-state index contributed by atoms with van der Waals surface area (Å²) in [5.74, 6) is 0.131. The number of rotatable bonds is 4. The van der Waals surface area contributed by atoms with Gasteiger partial charge in [0.05, 0.1) is 24.9 Å². The molecule has 2 aliphatic heterocycles. The quantitative estimate of drug-likeness (QED) is 0.811. The van der Waals surface area contributed by atoms with Crippen LogP contribution in [0.4, 0.5) is 4.79 Å². The predicted octanol–water partition coefficient (Wildman–Crippen LogP) is 0.435. The van der Waals surface area contributed by atoms with Gasteiger partial charge in [-0.2, -0.15) is 0 Å². The van der Waals surface area contributed by atoms with Crippen LogP contribution in [-0.2, 0) is 14.3 Å². The second-order valence-electron chi connectivity index (χ2n) is 6.02. The molecule has 7 nitrogen and oxygen atoms in total. The minimum atomic E-state index is -0.880. The van der Waals surface area contributed by atoms with Gasteiger partial charge in [-0.05, 0) is 19.8 Å². The Balaban J connectivity index is 2.03. The van der Waals surface area contributed by atoms with Gasteiger partial charge in [0.2, 0.25) is 0 Å². The highest BCUT2D eigenvalue weighted by Gasteiger charge is 2.43. The lowest BCUT2D eigenvalue weighted by molar-refractivity contribution is -0.185. The molecule has 0 radical (unpaired) electrons. The SMILES string of the molecule is COCC1CN(CC(C)=O)CC2(CCN(C(=O)O)CC2)O1. The fourth-order valence-corrected chi connectivity index (χ4v) is 3.28. The van der Waals surface area contributed by atoms with Crippen molar-refractivity contribution < 1.29 is 24.2 Å². The number of hydrogen-bond acceptors (Lipinski definition) is 5. The molecule has 2 aliphatic rings. The number of hydrogen-bond donors (Lipinski definition) is 1. The summed E-state index contributed by atoms with van der Waals surface area (Å²) in [6.45, 7) is 4.79. The van der Waals surface area contributed by atoms with Crippen molar-refractivity contribution in [2.24, 2.45) is 0 Å². The van der Waals surface area contributed by atoms with Gasteiger partial charge in [0.15, 0.2) is 0 Å². The van der Waals surface area contributed by atoms with E-state index in [2.05, 4.69) is 4.90 Å². The van der Waals surface area contributed by atoms with E-state index in [0.29, 0.717) is 52.2 Å². The monoisotopic (exact) mass is 300 g/mol. The predicted molar refractivity (Wildman–Crippen MR) is 75.4 cm³/mol. The molecule has 0 saturated carbocycles. The van der Waals surface area contributed by atoms with Crippen molar-refractivity contribution in [2.45, 2.75) is 31.5 Å². The highest BCUT2D eigenvalue weighted by Crippen LogP contribution is 2.32. The smallest absolute Gasteiger partial charge is 0.407 e. The number of ether oxygens (including phenoxy) is 2. The molecule has 0 bridgehead atoms. The van der Waals surface area contributed by atoms with Crippen LogP contribution in [0.3, 0.4) is 0 Å². The first kappa shape index (κ1) is 16.2. The maximum Gasteiger partial charge on any atom is 0.407 e. The van der Waals surface area contributed by atoms with Crippen LogP contribution >= 0.6 is 0 Å². The van der Waals surface area contributed by atoms with E-state index in [1.807, 2.05) is 0 Å². The summed E-state index contributed by atoms with van der Waals surface area (Å²) >= 11 is 0. The summed E-state index contributed by atoms with van der Waals surface area (Å²) in [4.78, 5) is 25.9. The number of Topliss-reactive ketones (excluding diaryl/α,β-unsaturated/α-hetero) is 1. The van der Waals surface area contributed by atoms with Gasteiger partial charge < -0.3 is 19.5 Å². The van der Waals surface area contributed by atoms with Crippen molar-refractivity contribution in [3.63, 3.8) is 0 Å². The van der Waals surface area contributed by atoms with Gasteiger partial charge in [0.25, 0.3) is 0 Å². The molecule has 0 aromatic carbocycles. The Hall–Kier alpha value is -1.18. The summed E-state index contributed by atoms with van der Waals surface area (Å²) in [5, 5.41) is 9.04. The third-order valence-electron chi connectivity index (χ3n) is 4.13. The van der Waals surface area contributed by atoms with Crippen molar-refractivity contribution in [2.75, 3.05) is 46.4 Å². The van der Waals surface area contributed by atoms with Crippen LogP contribution in [-0.4, -0.2) is 84.9 Å². The highest BCUT2D eigenvalue weighted by atomic mass is 16.5. The molecule has 120 valence electrons. The number of carboxylic acid groups (broad SMARTS) is 1. The van der Waals surface area contributed by atoms with Crippen molar-refractivity contribution in [1.82, 2.24) is 9.80 Å². The molecular formula is C14H24N2O5. The molecule has 2 fully saturated rings. The maximum absolute atomic E-state index is 11.4. The summed E-state index contributed by atoms with van der Waals surface area (Å²) in [7, 11) is 1.63. The van der Waals surface area contributed by atoms with Crippen LogP contribution in [0.2, 0.25) is 0 Å². The summed E-state index contributed by atoms with van der Waals surface area (Å²) in [5.41, 5.74) is -0.358. The van der Waals surface area contributed by atoms with Crippen LogP contribution in [0.5, 0.6) is 0 Å². The normalized spacial score (nSPS) is 26.0. The van der Waals surface area contributed by atoms with E-state index in [1.54, 1.807) is 14.0 Å². The van der Waals surface area contributed by atoms with E-state index in [9.17, 15) is 9.59 Å². The number of methoxy groups -OCH3 is 1. The standard InChI is InChI=1S/C14H24N2O5/c1-11(17)7-15-8-12(9-20-2)21-14(10-15)3-5-16(6-4-14)13(18)19/h12H,3-10H2,1-2H3,(H,18,19). The molecular weight excluding hydrogens is 276 g/mol. The van der Waals surface area contributed by atoms with E-state index in [4.69, 9.17) is 14.6 Å². The number of amides is 1. The molecule has 2 saturated heterocycles. The average Bonchev–Trinajstić information content (AvgIpc) is 2.38.